The summed E-state index contributed by atoms with van der Waals surface area (Å²) in [5.74, 6) is 1.18. The molecule has 4 rings (SSSR count). The van der Waals surface area contributed by atoms with Gasteiger partial charge in [0.2, 0.25) is 0 Å². The van der Waals surface area contributed by atoms with E-state index in [9.17, 15) is 9.59 Å². The Bertz CT molecular complexity index is 1400. The molecule has 1 N–H and O–H groups in total. The van der Waals surface area contributed by atoms with Gasteiger partial charge in [-0.15, -0.1) is 0 Å². The van der Waals surface area contributed by atoms with E-state index in [0.29, 0.717) is 35.4 Å². The zero-order chi connectivity index (χ0) is 30.2. The number of para-hydroxylation sites is 1. The number of nitrogens with one attached hydrogen (secondary N) is 1. The molecular weight excluding hydrogens is 538 g/mol. The van der Waals surface area contributed by atoms with Gasteiger partial charge in [0.1, 0.15) is 0 Å². The summed E-state index contributed by atoms with van der Waals surface area (Å²) in [7, 11) is 0. The van der Waals surface area contributed by atoms with E-state index < -0.39 is 0 Å². The lowest BCUT2D eigenvalue weighted by molar-refractivity contribution is -0.114. The van der Waals surface area contributed by atoms with Gasteiger partial charge < -0.3 is 15.1 Å². The molecule has 3 aromatic rings. The largest absolute Gasteiger partial charge is 0.352 e. The lowest BCUT2D eigenvalue weighted by Gasteiger charge is -2.31. The van der Waals surface area contributed by atoms with E-state index in [4.69, 9.17) is 0 Å². The van der Waals surface area contributed by atoms with Gasteiger partial charge in [-0.25, -0.2) is 0 Å². The second-order valence-electron chi connectivity index (χ2n) is 12.2. The molecule has 5 nitrogen and oxygen atoms in total. The normalized spacial score (nSPS) is 14.3. The maximum absolute atomic E-state index is 13.8. The summed E-state index contributed by atoms with van der Waals surface area (Å²) in [6.07, 6.45) is 2.85. The zero-order valence-electron chi connectivity index (χ0n) is 25.9. The molecule has 0 aromatic heterocycles. The lowest BCUT2D eigenvalue weighted by Crippen LogP contribution is -2.34. The fourth-order valence-electron chi connectivity index (χ4n) is 5.34. The maximum atomic E-state index is 13.8. The molecule has 1 heterocycles. The molecule has 1 aliphatic heterocycles. The molecule has 0 radical (unpaired) electrons. The van der Waals surface area contributed by atoms with E-state index in [1.807, 2.05) is 53.4 Å². The van der Waals surface area contributed by atoms with Crippen LogP contribution in [0.25, 0.3) is 6.08 Å². The smallest absolute Gasteiger partial charge is 0.265 e. The number of nitrogens with zero attached hydrogens (tertiary/aromatic N) is 2. The highest BCUT2D eigenvalue weighted by atomic mass is 32.2. The van der Waals surface area contributed by atoms with Crippen molar-refractivity contribution in [2.45, 2.75) is 59.4 Å². The molecule has 6 heteroatoms. The number of carbonyl (C=O) groups excluding carboxylic acids is 2. The van der Waals surface area contributed by atoms with Gasteiger partial charge in [0.15, 0.2) is 0 Å². The number of rotatable bonds is 12. The van der Waals surface area contributed by atoms with Crippen molar-refractivity contribution in [2.24, 2.45) is 11.8 Å². The number of anilines is 1. The second kappa shape index (κ2) is 14.7. The van der Waals surface area contributed by atoms with Crippen molar-refractivity contribution < 1.29 is 9.59 Å². The number of amides is 2. The summed E-state index contributed by atoms with van der Waals surface area (Å²) in [4.78, 5) is 32.7. The first-order valence-electron chi connectivity index (χ1n) is 15.1. The quantitative estimate of drug-likeness (QED) is 0.175. The average Bonchev–Trinajstić information content (AvgIpc) is 2.94. The van der Waals surface area contributed by atoms with Gasteiger partial charge in [-0.2, -0.15) is 0 Å². The van der Waals surface area contributed by atoms with Crippen LogP contribution in [0.3, 0.4) is 0 Å². The van der Waals surface area contributed by atoms with Crippen LogP contribution in [-0.4, -0.2) is 42.9 Å². The summed E-state index contributed by atoms with van der Waals surface area (Å²) in [6, 6.07) is 22.0. The molecule has 0 spiro atoms. The number of hydrogen-bond acceptors (Lipinski definition) is 4. The van der Waals surface area contributed by atoms with Crippen molar-refractivity contribution in [3.63, 3.8) is 0 Å². The number of benzene rings is 3. The number of aryl methyl sites for hydroxylation is 2. The molecule has 222 valence electrons. The van der Waals surface area contributed by atoms with Crippen molar-refractivity contribution in [2.75, 3.05) is 31.1 Å². The highest BCUT2D eigenvalue weighted by molar-refractivity contribution is 8.04. The minimum absolute atomic E-state index is 0.00889. The van der Waals surface area contributed by atoms with E-state index in [-0.39, 0.29) is 11.8 Å². The Morgan fingerprint density at radius 3 is 2.33 bits per heavy atom. The van der Waals surface area contributed by atoms with Crippen molar-refractivity contribution in [1.82, 2.24) is 10.2 Å². The molecule has 0 fully saturated rings. The van der Waals surface area contributed by atoms with Gasteiger partial charge in [0, 0.05) is 30.1 Å². The van der Waals surface area contributed by atoms with Crippen LogP contribution < -0.4 is 10.2 Å². The second-order valence-corrected chi connectivity index (χ2v) is 13.3. The maximum Gasteiger partial charge on any atom is 0.265 e. The van der Waals surface area contributed by atoms with Crippen LogP contribution in [0.15, 0.2) is 76.5 Å². The van der Waals surface area contributed by atoms with E-state index in [0.717, 1.165) is 47.8 Å². The van der Waals surface area contributed by atoms with Crippen LogP contribution in [0.4, 0.5) is 5.69 Å². The van der Waals surface area contributed by atoms with Gasteiger partial charge in [0.05, 0.1) is 17.1 Å². The Kier molecular flexibility index (Phi) is 11.1. The Morgan fingerprint density at radius 2 is 1.64 bits per heavy atom. The molecule has 1 aliphatic rings. The molecule has 0 unspecified atom stereocenters. The average molecular weight is 584 g/mol. The van der Waals surface area contributed by atoms with Crippen LogP contribution in [0, 0.1) is 25.7 Å². The third kappa shape index (κ3) is 8.59. The van der Waals surface area contributed by atoms with Crippen LogP contribution in [-0.2, 0) is 11.3 Å². The predicted molar refractivity (Wildman–Crippen MR) is 177 cm³/mol. The molecule has 0 saturated carbocycles. The third-order valence-corrected chi connectivity index (χ3v) is 8.40. The summed E-state index contributed by atoms with van der Waals surface area (Å²) < 4.78 is 0. The Balaban J connectivity index is 1.41. The molecule has 0 aliphatic carbocycles. The number of carbonyl (C=O) groups is 2. The molecular formula is C36H45N3O2S. The van der Waals surface area contributed by atoms with Crippen molar-refractivity contribution >= 4 is 35.3 Å². The molecule has 3 aromatic carbocycles. The van der Waals surface area contributed by atoms with Crippen molar-refractivity contribution in [1.29, 1.82) is 0 Å². The van der Waals surface area contributed by atoms with Gasteiger partial charge >= 0.3 is 0 Å². The highest BCUT2D eigenvalue weighted by Crippen LogP contribution is 2.42. The van der Waals surface area contributed by atoms with E-state index in [1.165, 1.54) is 22.9 Å². The summed E-state index contributed by atoms with van der Waals surface area (Å²) >= 11 is 1.50. The van der Waals surface area contributed by atoms with E-state index >= 15 is 0 Å². The molecule has 0 bridgehead atoms. The topological polar surface area (TPSA) is 52.7 Å². The standard InChI is InChI=1S/C36H45N3O2S/c1-25(2)22-38(23-26(3)4)19-9-18-37-35(40)30-16-14-29(15-17-30)21-34-36(41)39(32-10-7-8-11-33(32)42-34)24-31-20-27(5)12-13-28(31)6/h7-8,10-17,20-21,25-26H,9,18-19,22-24H2,1-6H3,(H,37,40). The fraction of sp³-hybridized carbons (Fsp3) is 0.389. The Morgan fingerprint density at radius 1 is 0.952 bits per heavy atom. The number of fused-ring (bicyclic) bond motifs is 1. The van der Waals surface area contributed by atoms with E-state index in [2.05, 4.69) is 76.0 Å². The van der Waals surface area contributed by atoms with Crippen molar-refractivity contribution in [3.8, 4) is 0 Å². The van der Waals surface area contributed by atoms with Crippen LogP contribution in [0.2, 0.25) is 0 Å². The summed E-state index contributed by atoms with van der Waals surface area (Å²) in [5.41, 5.74) is 5.96. The van der Waals surface area contributed by atoms with Crippen LogP contribution in [0.1, 0.15) is 66.7 Å². The van der Waals surface area contributed by atoms with Crippen LogP contribution >= 0.6 is 11.8 Å². The summed E-state index contributed by atoms with van der Waals surface area (Å²) in [5, 5.41) is 3.07. The first kappa shape index (κ1) is 31.6. The minimum atomic E-state index is -0.0646. The fourth-order valence-corrected chi connectivity index (χ4v) is 6.40. The SMILES string of the molecule is Cc1ccc(C)c(CN2C(=O)C(=Cc3ccc(C(=O)NCCCN(CC(C)C)CC(C)C)cc3)Sc3ccccc32)c1. The predicted octanol–water partition coefficient (Wildman–Crippen LogP) is 7.72. The first-order valence-corrected chi connectivity index (χ1v) is 15.9. The Hall–Kier alpha value is -3.35. The number of thioether (sulfide) groups is 1. The minimum Gasteiger partial charge on any atom is -0.352 e. The lowest BCUT2D eigenvalue weighted by atomic mass is 10.0. The molecule has 0 atom stereocenters. The third-order valence-electron chi connectivity index (χ3n) is 7.32. The molecule has 0 saturated heterocycles. The first-order chi connectivity index (χ1) is 20.1. The van der Waals surface area contributed by atoms with Gasteiger partial charge in [-0.1, -0.05) is 87.5 Å². The molecule has 2 amide bonds. The number of hydrogen-bond donors (Lipinski definition) is 1. The van der Waals surface area contributed by atoms with Crippen molar-refractivity contribution in [3.05, 3.63) is 99.5 Å². The summed E-state index contributed by atoms with van der Waals surface area (Å²) in [6.45, 7) is 17.5. The Labute approximate surface area is 256 Å². The van der Waals surface area contributed by atoms with Gasteiger partial charge in [-0.05, 0) is 85.7 Å². The van der Waals surface area contributed by atoms with E-state index in [1.54, 1.807) is 0 Å². The highest BCUT2D eigenvalue weighted by Gasteiger charge is 2.29. The van der Waals surface area contributed by atoms with Gasteiger partial charge in [-0.3, -0.25) is 9.59 Å². The zero-order valence-corrected chi connectivity index (χ0v) is 26.8. The van der Waals surface area contributed by atoms with Crippen LogP contribution in [0.5, 0.6) is 0 Å². The monoisotopic (exact) mass is 583 g/mol. The van der Waals surface area contributed by atoms with Gasteiger partial charge in [0.25, 0.3) is 11.8 Å². The molecule has 42 heavy (non-hydrogen) atoms.